The van der Waals surface area contributed by atoms with Gasteiger partial charge in [-0.25, -0.2) is 0 Å². The monoisotopic (exact) mass is 923 g/mol. The fourth-order valence-corrected chi connectivity index (χ4v) is 5.76. The van der Waals surface area contributed by atoms with E-state index in [-0.39, 0.29) is 45.9 Å². The first-order chi connectivity index (χ1) is 27.7. The molecule has 0 aromatic heterocycles. The number of para-hydroxylation sites is 2. The molecule has 21 heteroatoms. The lowest BCUT2D eigenvalue weighted by Gasteiger charge is -2.31. The smallest absolute Gasteiger partial charge is 0.339 e. The van der Waals surface area contributed by atoms with Crippen LogP contribution in [0.1, 0.15) is 25.0 Å². The van der Waals surface area contributed by atoms with Crippen LogP contribution in [0.15, 0.2) is 86.0 Å². The van der Waals surface area contributed by atoms with Gasteiger partial charge in [0, 0.05) is 26.3 Å². The summed E-state index contributed by atoms with van der Waals surface area (Å²) in [7, 11) is -2.46. The van der Waals surface area contributed by atoms with Gasteiger partial charge in [0.1, 0.15) is 28.1 Å². The Labute approximate surface area is 363 Å². The number of methoxy groups -OCH3 is 1. The number of rotatable bonds is 18. The number of hydrogen-bond donors (Lipinski definition) is 5. The summed E-state index contributed by atoms with van der Waals surface area (Å²) < 4.78 is 20.7. The zero-order valence-corrected chi connectivity index (χ0v) is 36.9. The van der Waals surface area contributed by atoms with Crippen LogP contribution in [0.5, 0.6) is 11.5 Å². The standard InChI is InChI=1S/C15H22ClNO2.C12H9ClN2O3.C8H11Cl2NO.C3H8NO5P/c1-5-13-8-6-7-11(2)15(13)17(14(18)9-16)12(3)10-19-4;13-11-10(18-8-4-2-1-3-5-8)7-6-9(12(11)14)15(16)17;1-3-5-11(6-4-2)8(12)7(9)10;5-3(6)1-4-2-10(7,8)9/h6-8,12H,5,9-10H2,1-4H3;1-7H,14H2;3-4,7H,1-2,5-6H2;4H,1-2H2,(H,5,6)(H2,7,8,9). The zero-order chi connectivity index (χ0) is 45.3. The van der Waals surface area contributed by atoms with Crippen LogP contribution in [0.2, 0.25) is 5.02 Å². The number of aliphatic carboxylic acids is 1. The van der Waals surface area contributed by atoms with E-state index in [0.29, 0.717) is 25.4 Å². The molecule has 1 unspecified atom stereocenters. The SMILES string of the molecule is C=CCN(CC=C)C(=O)C(Cl)Cl.CCc1cccc(C)c1N(C(=O)CCl)C(C)COC.Nc1c([N+](=O)[O-])ccc(Oc2ccccc2)c1Cl.O=C(O)CNCP(=O)(O)O. The maximum absolute atomic E-state index is 12.2. The Morgan fingerprint density at radius 1 is 1.05 bits per heavy atom. The summed E-state index contributed by atoms with van der Waals surface area (Å²) in [6.45, 7) is 14.0. The first-order valence-corrected chi connectivity index (χ1v) is 21.0. The van der Waals surface area contributed by atoms with E-state index >= 15 is 0 Å². The van der Waals surface area contributed by atoms with Crippen LogP contribution < -0.4 is 20.7 Å². The van der Waals surface area contributed by atoms with Crippen molar-refractivity contribution in [3.63, 3.8) is 0 Å². The molecule has 2 amide bonds. The number of nitro benzene ring substituents is 1. The molecule has 0 aliphatic rings. The van der Waals surface area contributed by atoms with Crippen molar-refractivity contribution in [3.8, 4) is 11.5 Å². The Balaban J connectivity index is 0.000000787. The third-order valence-electron chi connectivity index (χ3n) is 7.26. The number of nitrogens with one attached hydrogen (secondary N) is 1. The van der Waals surface area contributed by atoms with Gasteiger partial charge < -0.3 is 39.9 Å². The van der Waals surface area contributed by atoms with Gasteiger partial charge in [-0.2, -0.15) is 0 Å². The molecule has 0 saturated heterocycles. The molecule has 326 valence electrons. The quantitative estimate of drug-likeness (QED) is 0.0207. The molecule has 1 atom stereocenters. The molecule has 16 nitrogen and oxygen atoms in total. The van der Waals surface area contributed by atoms with E-state index in [9.17, 15) is 29.1 Å². The van der Waals surface area contributed by atoms with E-state index in [1.54, 1.807) is 48.4 Å². The van der Waals surface area contributed by atoms with Crippen molar-refractivity contribution in [2.75, 3.05) is 56.2 Å². The molecule has 0 aliphatic carbocycles. The summed E-state index contributed by atoms with van der Waals surface area (Å²) >= 11 is 22.5. The minimum absolute atomic E-state index is 0.0223. The number of carboxylic acids is 1. The third kappa shape index (κ3) is 21.0. The first-order valence-electron chi connectivity index (χ1n) is 17.4. The Morgan fingerprint density at radius 3 is 2.10 bits per heavy atom. The van der Waals surface area contributed by atoms with Gasteiger partial charge in [0.2, 0.25) is 5.91 Å². The van der Waals surface area contributed by atoms with Crippen LogP contribution in [0.4, 0.5) is 17.1 Å². The fourth-order valence-electron chi connectivity index (χ4n) is 4.75. The van der Waals surface area contributed by atoms with E-state index in [0.717, 1.165) is 23.2 Å². The van der Waals surface area contributed by atoms with Gasteiger partial charge in [-0.3, -0.25) is 34.4 Å². The van der Waals surface area contributed by atoms with Gasteiger partial charge in [-0.15, -0.1) is 24.8 Å². The highest BCUT2D eigenvalue weighted by Crippen LogP contribution is 2.39. The van der Waals surface area contributed by atoms with Crippen molar-refractivity contribution >= 4 is 88.8 Å². The molecule has 6 N–H and O–H groups in total. The van der Waals surface area contributed by atoms with Crippen molar-refractivity contribution < 1.29 is 48.2 Å². The van der Waals surface area contributed by atoms with E-state index in [4.69, 9.17) is 76.5 Å². The molecule has 3 aromatic carbocycles. The van der Waals surface area contributed by atoms with Crippen LogP contribution in [-0.4, -0.2) is 98.9 Å². The number of carbonyl (C=O) groups excluding carboxylic acids is 2. The molecule has 0 saturated carbocycles. The lowest BCUT2D eigenvalue weighted by atomic mass is 10.0. The minimum Gasteiger partial charge on any atom is -0.480 e. The van der Waals surface area contributed by atoms with Gasteiger partial charge in [-0.1, -0.05) is 90.3 Å². The number of nitrogen functional groups attached to an aromatic ring is 1. The predicted molar refractivity (Wildman–Crippen MR) is 234 cm³/mol. The van der Waals surface area contributed by atoms with Crippen molar-refractivity contribution in [2.45, 2.75) is 38.1 Å². The van der Waals surface area contributed by atoms with Crippen molar-refractivity contribution in [1.29, 1.82) is 0 Å². The number of ether oxygens (including phenoxy) is 2. The van der Waals surface area contributed by atoms with Gasteiger partial charge in [0.05, 0.1) is 36.1 Å². The van der Waals surface area contributed by atoms with Gasteiger partial charge in [0.15, 0.2) is 4.84 Å². The molecule has 3 aromatic rings. The number of anilines is 2. The number of benzene rings is 3. The number of nitrogens with zero attached hydrogens (tertiary/aromatic N) is 3. The number of nitrogens with two attached hydrogens (primary N) is 1. The average Bonchev–Trinajstić information content (AvgIpc) is 3.17. The normalized spacial score (nSPS) is 10.9. The molecule has 59 heavy (non-hydrogen) atoms. The number of alkyl halides is 3. The summed E-state index contributed by atoms with van der Waals surface area (Å²) in [6.07, 6.45) is 3.50. The molecule has 0 fully saturated rings. The number of hydrogen-bond acceptors (Lipinski definition) is 10. The molecular formula is C38H50Cl4N5O11P. The lowest BCUT2D eigenvalue weighted by molar-refractivity contribution is -0.383. The van der Waals surface area contributed by atoms with Crippen LogP contribution in [-0.2, 0) is 30.1 Å². The van der Waals surface area contributed by atoms with Crippen LogP contribution >= 0.6 is 54.0 Å². The second-order valence-electron chi connectivity index (χ2n) is 11.9. The lowest BCUT2D eigenvalue weighted by Crippen LogP contribution is -2.43. The van der Waals surface area contributed by atoms with Crippen LogP contribution in [0.3, 0.4) is 0 Å². The second kappa shape index (κ2) is 29.1. The third-order valence-corrected chi connectivity index (χ3v) is 8.88. The van der Waals surface area contributed by atoms with Crippen molar-refractivity contribution in [1.82, 2.24) is 10.2 Å². The van der Waals surface area contributed by atoms with E-state index < -0.39 is 36.2 Å². The topological polar surface area (TPSA) is 235 Å². The molecule has 0 spiro atoms. The maximum atomic E-state index is 12.2. The van der Waals surface area contributed by atoms with Crippen molar-refractivity contribution in [2.24, 2.45) is 0 Å². The van der Waals surface area contributed by atoms with E-state index in [1.807, 2.05) is 32.0 Å². The molecule has 0 radical (unpaired) electrons. The Hall–Kier alpha value is -4.22. The van der Waals surface area contributed by atoms with Gasteiger partial charge in [0.25, 0.3) is 11.6 Å². The highest BCUT2D eigenvalue weighted by Gasteiger charge is 2.25. The number of carbonyl (C=O) groups is 3. The average molecular weight is 926 g/mol. The molecular weight excluding hydrogens is 875 g/mol. The molecule has 0 bridgehead atoms. The number of halogens is 4. The summed E-state index contributed by atoms with van der Waals surface area (Å²) in [5.41, 5.74) is 8.46. The summed E-state index contributed by atoms with van der Waals surface area (Å²) in [5.74, 6) is -0.716. The first kappa shape index (κ1) is 54.8. The number of nitro groups is 1. The highest BCUT2D eigenvalue weighted by atomic mass is 35.5. The van der Waals surface area contributed by atoms with Crippen molar-refractivity contribution in [3.05, 3.63) is 112 Å². The predicted octanol–water partition coefficient (Wildman–Crippen LogP) is 7.57. The minimum atomic E-state index is -4.10. The largest absolute Gasteiger partial charge is 0.480 e. The fraction of sp³-hybridized carbons (Fsp3) is 0.342. The van der Waals surface area contributed by atoms with Gasteiger partial charge in [-0.05, 0) is 49.6 Å². The van der Waals surface area contributed by atoms with Crippen LogP contribution in [0, 0.1) is 17.0 Å². The molecule has 3 rings (SSSR count). The van der Waals surface area contributed by atoms with E-state index in [2.05, 4.69) is 31.5 Å². The molecule has 0 aliphatic heterocycles. The Morgan fingerprint density at radius 2 is 1.64 bits per heavy atom. The Bertz CT molecular complexity index is 1860. The number of aryl methyl sites for hydroxylation is 2. The summed E-state index contributed by atoms with van der Waals surface area (Å²) in [5, 5.41) is 20.8. The number of carboxylic acid groups (broad SMARTS) is 1. The van der Waals surface area contributed by atoms with Crippen LogP contribution in [0.25, 0.3) is 0 Å². The summed E-state index contributed by atoms with van der Waals surface area (Å²) in [6, 6.07) is 17.7. The van der Waals surface area contributed by atoms with E-state index in [1.165, 1.54) is 17.0 Å². The molecule has 0 heterocycles. The maximum Gasteiger partial charge on any atom is 0.339 e. The zero-order valence-electron chi connectivity index (χ0n) is 32.9. The second-order valence-corrected chi connectivity index (χ2v) is 15.3. The Kier molecular flexibility index (Phi) is 27.0. The highest BCUT2D eigenvalue weighted by molar-refractivity contribution is 7.51. The summed E-state index contributed by atoms with van der Waals surface area (Å²) in [4.78, 5) is 61.8. The number of amides is 2. The van der Waals surface area contributed by atoms with Gasteiger partial charge >= 0.3 is 13.6 Å².